The van der Waals surface area contributed by atoms with Crippen LogP contribution in [0.4, 0.5) is 5.13 Å². The number of hydrogen-bond donors (Lipinski definition) is 1. The molecule has 0 atom stereocenters. The van der Waals surface area contributed by atoms with E-state index < -0.39 is 10.0 Å². The van der Waals surface area contributed by atoms with Crippen LogP contribution in [0.15, 0.2) is 47.4 Å². The Balaban J connectivity index is 1.49. The maximum Gasteiger partial charge on any atom is 0.257 e. The normalized spacial score (nSPS) is 15.6. The van der Waals surface area contributed by atoms with Gasteiger partial charge in [0.05, 0.1) is 15.1 Å². The average molecular weight is 444 g/mol. The van der Waals surface area contributed by atoms with E-state index in [1.165, 1.54) is 33.3 Å². The molecule has 1 saturated heterocycles. The van der Waals surface area contributed by atoms with E-state index in [4.69, 9.17) is 0 Å². The minimum Gasteiger partial charge on any atom is -0.298 e. The monoisotopic (exact) mass is 443 g/mol. The number of anilines is 1. The molecule has 1 aliphatic rings. The van der Waals surface area contributed by atoms with Crippen LogP contribution in [0, 0.1) is 0 Å². The van der Waals surface area contributed by atoms with Gasteiger partial charge in [0, 0.05) is 18.7 Å². The molecule has 0 spiro atoms. The van der Waals surface area contributed by atoms with E-state index in [2.05, 4.69) is 36.3 Å². The molecule has 2 heterocycles. The van der Waals surface area contributed by atoms with E-state index in [0.29, 0.717) is 29.7 Å². The first kappa shape index (κ1) is 21.0. The van der Waals surface area contributed by atoms with Crippen molar-refractivity contribution in [2.24, 2.45) is 0 Å². The van der Waals surface area contributed by atoms with Crippen molar-refractivity contribution in [2.45, 2.75) is 43.9 Å². The number of carbonyl (C=O) groups excluding carboxylic acids is 1. The summed E-state index contributed by atoms with van der Waals surface area (Å²) in [4.78, 5) is 17.3. The lowest BCUT2D eigenvalue weighted by Gasteiger charge is -2.25. The predicted octanol–water partition coefficient (Wildman–Crippen LogP) is 4.85. The summed E-state index contributed by atoms with van der Waals surface area (Å²) < 4.78 is 28.1. The summed E-state index contributed by atoms with van der Waals surface area (Å²) in [6.45, 7) is 5.39. The topological polar surface area (TPSA) is 79.4 Å². The highest BCUT2D eigenvalue weighted by molar-refractivity contribution is 7.89. The van der Waals surface area contributed by atoms with Gasteiger partial charge in [-0.05, 0) is 60.7 Å². The van der Waals surface area contributed by atoms with Gasteiger partial charge in [0.15, 0.2) is 5.13 Å². The van der Waals surface area contributed by atoms with Crippen molar-refractivity contribution < 1.29 is 13.2 Å². The molecule has 0 aliphatic carbocycles. The number of piperidine rings is 1. The number of thiazole rings is 1. The van der Waals surface area contributed by atoms with Crippen LogP contribution in [-0.4, -0.2) is 36.7 Å². The Morgan fingerprint density at radius 1 is 1.07 bits per heavy atom. The number of carbonyl (C=O) groups is 1. The fourth-order valence-corrected chi connectivity index (χ4v) is 5.98. The second-order valence-corrected chi connectivity index (χ2v) is 10.8. The minimum atomic E-state index is -3.50. The molecule has 30 heavy (non-hydrogen) atoms. The van der Waals surface area contributed by atoms with Crippen molar-refractivity contribution in [1.29, 1.82) is 0 Å². The molecule has 1 aliphatic heterocycles. The Kier molecular flexibility index (Phi) is 5.90. The third kappa shape index (κ3) is 4.26. The first-order valence-electron chi connectivity index (χ1n) is 10.2. The number of hydrogen-bond acceptors (Lipinski definition) is 5. The standard InChI is InChI=1S/C22H25N3O3S2/c1-15(2)17-8-11-19-20(14-17)29-22(23-19)24-21(26)16-6-9-18(10-7-16)30(27,28)25-12-4-3-5-13-25/h6-11,14-15H,3-5,12-13H2,1-2H3,(H,23,24,26). The highest BCUT2D eigenvalue weighted by Crippen LogP contribution is 2.29. The van der Waals surface area contributed by atoms with Crippen LogP contribution < -0.4 is 5.32 Å². The Morgan fingerprint density at radius 3 is 2.43 bits per heavy atom. The maximum absolute atomic E-state index is 12.8. The molecule has 1 N–H and O–H groups in total. The summed E-state index contributed by atoms with van der Waals surface area (Å²) in [5, 5.41) is 3.36. The number of nitrogens with one attached hydrogen (secondary N) is 1. The number of aromatic nitrogens is 1. The number of amides is 1. The van der Waals surface area contributed by atoms with Gasteiger partial charge >= 0.3 is 0 Å². The van der Waals surface area contributed by atoms with Gasteiger partial charge in [0.25, 0.3) is 5.91 Å². The van der Waals surface area contributed by atoms with Crippen molar-refractivity contribution in [3.05, 3.63) is 53.6 Å². The van der Waals surface area contributed by atoms with Crippen molar-refractivity contribution in [2.75, 3.05) is 18.4 Å². The summed E-state index contributed by atoms with van der Waals surface area (Å²) >= 11 is 1.43. The predicted molar refractivity (Wildman–Crippen MR) is 121 cm³/mol. The average Bonchev–Trinajstić information content (AvgIpc) is 3.15. The van der Waals surface area contributed by atoms with Gasteiger partial charge in [0.1, 0.15) is 0 Å². The Morgan fingerprint density at radius 2 is 1.77 bits per heavy atom. The second-order valence-electron chi connectivity index (χ2n) is 7.84. The molecule has 6 nitrogen and oxygen atoms in total. The van der Waals surface area contributed by atoms with Crippen LogP contribution in [0.2, 0.25) is 0 Å². The minimum absolute atomic E-state index is 0.224. The van der Waals surface area contributed by atoms with Crippen LogP contribution in [0.1, 0.15) is 54.9 Å². The van der Waals surface area contributed by atoms with Crippen LogP contribution in [0.3, 0.4) is 0 Å². The molecule has 1 amide bonds. The molecule has 0 saturated carbocycles. The summed E-state index contributed by atoms with van der Waals surface area (Å²) in [7, 11) is -3.50. The van der Waals surface area contributed by atoms with Gasteiger partial charge in [-0.1, -0.05) is 37.7 Å². The summed E-state index contributed by atoms with van der Waals surface area (Å²) in [6, 6.07) is 12.2. The lowest BCUT2D eigenvalue weighted by Crippen LogP contribution is -2.35. The third-order valence-corrected chi connectivity index (χ3v) is 8.22. The van der Waals surface area contributed by atoms with Gasteiger partial charge in [-0.25, -0.2) is 13.4 Å². The first-order valence-corrected chi connectivity index (χ1v) is 12.4. The quantitative estimate of drug-likeness (QED) is 0.611. The Hall–Kier alpha value is -2.29. The summed E-state index contributed by atoms with van der Waals surface area (Å²) in [5.41, 5.74) is 2.48. The van der Waals surface area contributed by atoms with E-state index >= 15 is 0 Å². The molecular weight excluding hydrogens is 418 g/mol. The largest absolute Gasteiger partial charge is 0.298 e. The molecule has 1 aromatic heterocycles. The number of rotatable bonds is 5. The molecular formula is C22H25N3O3S2. The zero-order chi connectivity index (χ0) is 21.3. The number of benzene rings is 2. The zero-order valence-corrected chi connectivity index (χ0v) is 18.7. The zero-order valence-electron chi connectivity index (χ0n) is 17.1. The smallest absolute Gasteiger partial charge is 0.257 e. The van der Waals surface area contributed by atoms with Crippen LogP contribution in [0.5, 0.6) is 0 Å². The fraction of sp³-hybridized carbons (Fsp3) is 0.364. The van der Waals surface area contributed by atoms with Gasteiger partial charge in [0.2, 0.25) is 10.0 Å². The molecule has 2 aromatic carbocycles. The highest BCUT2D eigenvalue weighted by Gasteiger charge is 2.26. The molecule has 0 radical (unpaired) electrons. The lowest BCUT2D eigenvalue weighted by molar-refractivity contribution is 0.102. The van der Waals surface area contributed by atoms with Gasteiger partial charge < -0.3 is 0 Å². The summed E-state index contributed by atoms with van der Waals surface area (Å²) in [6.07, 6.45) is 2.84. The second kappa shape index (κ2) is 8.45. The highest BCUT2D eigenvalue weighted by atomic mass is 32.2. The molecule has 8 heteroatoms. The van der Waals surface area contributed by atoms with E-state index in [1.807, 2.05) is 6.07 Å². The first-order chi connectivity index (χ1) is 14.3. The Bertz CT molecular complexity index is 1160. The molecule has 4 rings (SSSR count). The van der Waals surface area contributed by atoms with Gasteiger partial charge in [-0.2, -0.15) is 4.31 Å². The summed E-state index contributed by atoms with van der Waals surface area (Å²) in [5.74, 6) is 0.120. The van der Waals surface area contributed by atoms with Crippen molar-refractivity contribution in [1.82, 2.24) is 9.29 Å². The third-order valence-electron chi connectivity index (χ3n) is 5.37. The van der Waals surface area contributed by atoms with Crippen molar-refractivity contribution >= 4 is 42.6 Å². The molecule has 0 bridgehead atoms. The molecule has 0 unspecified atom stereocenters. The maximum atomic E-state index is 12.8. The van der Waals surface area contributed by atoms with Crippen molar-refractivity contribution in [3.8, 4) is 0 Å². The number of nitrogens with zero attached hydrogens (tertiary/aromatic N) is 2. The molecule has 1 fully saturated rings. The van der Waals surface area contributed by atoms with Gasteiger partial charge in [-0.15, -0.1) is 0 Å². The number of fused-ring (bicyclic) bond motifs is 1. The van der Waals surface area contributed by atoms with Crippen LogP contribution in [0.25, 0.3) is 10.2 Å². The molecule has 158 valence electrons. The lowest BCUT2D eigenvalue weighted by atomic mass is 10.0. The van der Waals surface area contributed by atoms with Gasteiger partial charge in [-0.3, -0.25) is 10.1 Å². The van der Waals surface area contributed by atoms with E-state index in [-0.39, 0.29) is 10.8 Å². The van der Waals surface area contributed by atoms with Crippen LogP contribution in [-0.2, 0) is 10.0 Å². The number of sulfonamides is 1. The Labute approximate surface area is 181 Å². The van der Waals surface area contributed by atoms with Crippen LogP contribution >= 0.6 is 11.3 Å². The van der Waals surface area contributed by atoms with E-state index in [9.17, 15) is 13.2 Å². The van der Waals surface area contributed by atoms with E-state index in [0.717, 1.165) is 29.5 Å². The molecule has 3 aromatic rings. The SMILES string of the molecule is CC(C)c1ccc2nc(NC(=O)c3ccc(S(=O)(=O)N4CCCCC4)cc3)sc2c1. The van der Waals surface area contributed by atoms with Crippen molar-refractivity contribution in [3.63, 3.8) is 0 Å². The fourth-order valence-electron chi connectivity index (χ4n) is 3.56. The van der Waals surface area contributed by atoms with E-state index in [1.54, 1.807) is 12.1 Å².